The van der Waals surface area contributed by atoms with Gasteiger partial charge in [0.15, 0.2) is 0 Å². The second-order valence-corrected chi connectivity index (χ2v) is 3.26. The van der Waals surface area contributed by atoms with Crippen molar-refractivity contribution >= 4 is 11.4 Å². The molecule has 1 heterocycles. The molecule has 11 heteroatoms. The van der Waals surface area contributed by atoms with Gasteiger partial charge < -0.3 is 4.52 Å². The van der Waals surface area contributed by atoms with Gasteiger partial charge in [0, 0.05) is 12.1 Å². The fourth-order valence-corrected chi connectivity index (χ4v) is 1.45. The van der Waals surface area contributed by atoms with Gasteiger partial charge in [-0.05, 0) is 6.07 Å². The molecule has 1 aromatic heterocycles. The zero-order valence-electron chi connectivity index (χ0n) is 8.93. The van der Waals surface area contributed by atoms with Gasteiger partial charge in [-0.1, -0.05) is 0 Å². The molecule has 1 N–H and O–H groups in total. The van der Waals surface area contributed by atoms with E-state index >= 15 is 0 Å². The third-order valence-corrected chi connectivity index (χ3v) is 2.16. The number of nitrogens with one attached hydrogen (secondary N) is 1. The number of benzene rings is 1. The minimum absolute atomic E-state index is 0.179. The van der Waals surface area contributed by atoms with Crippen LogP contribution < -0.4 is 11.4 Å². The molecule has 0 spiro atoms. The first-order valence-corrected chi connectivity index (χ1v) is 4.66. The van der Waals surface area contributed by atoms with Crippen molar-refractivity contribution in [3.63, 3.8) is 0 Å². The van der Waals surface area contributed by atoms with Crippen molar-refractivity contribution in [1.82, 2.24) is 9.72 Å². The molecule has 0 unspecified atom stereocenters. The summed E-state index contributed by atoms with van der Waals surface area (Å²) in [6.07, 6.45) is 0. The molecule has 0 aliphatic heterocycles. The van der Waals surface area contributed by atoms with Crippen LogP contribution in [0.3, 0.4) is 0 Å². The van der Waals surface area contributed by atoms with Crippen molar-refractivity contribution in [2.75, 3.05) is 0 Å². The van der Waals surface area contributed by atoms with E-state index in [-0.39, 0.29) is 4.74 Å². The number of nitrogens with zero attached hydrogens (tertiary/aromatic N) is 3. The van der Waals surface area contributed by atoms with E-state index in [1.807, 2.05) is 0 Å². The molecule has 19 heavy (non-hydrogen) atoms. The highest BCUT2D eigenvalue weighted by Crippen LogP contribution is 2.30. The van der Waals surface area contributed by atoms with E-state index in [4.69, 9.17) is 0 Å². The molecular weight excluding hydrogens is 264 g/mol. The number of aromatic amines is 1. The van der Waals surface area contributed by atoms with Gasteiger partial charge in [0.05, 0.1) is 9.85 Å². The number of nitro groups is 2. The summed E-state index contributed by atoms with van der Waals surface area (Å²) in [5.74, 6) is -1.18. The molecule has 0 radical (unpaired) electrons. The van der Waals surface area contributed by atoms with Crippen LogP contribution in [0.1, 0.15) is 0 Å². The lowest BCUT2D eigenvalue weighted by atomic mass is 10.2. The van der Waals surface area contributed by atoms with E-state index in [1.54, 1.807) is 4.98 Å². The lowest BCUT2D eigenvalue weighted by Gasteiger charge is -2.01. The molecule has 0 aliphatic carbocycles. The number of para-hydroxylation sites is 1. The van der Waals surface area contributed by atoms with E-state index in [9.17, 15) is 29.8 Å². The SMILES string of the molecule is O=c1[nH]c(=O)n(-c2c([N+](=O)[O-])cccc2[N+](=O)[O-])o1. The van der Waals surface area contributed by atoms with Gasteiger partial charge >= 0.3 is 22.8 Å². The average molecular weight is 268 g/mol. The molecule has 1 aromatic carbocycles. The largest absolute Gasteiger partial charge is 0.440 e. The van der Waals surface area contributed by atoms with Crippen LogP contribution in [0.25, 0.3) is 5.69 Å². The van der Waals surface area contributed by atoms with E-state index in [1.165, 1.54) is 0 Å². The molecule has 0 aliphatic rings. The van der Waals surface area contributed by atoms with Crippen molar-refractivity contribution in [3.8, 4) is 5.69 Å². The predicted molar refractivity (Wildman–Crippen MR) is 58.2 cm³/mol. The Kier molecular flexibility index (Phi) is 2.71. The van der Waals surface area contributed by atoms with Crippen LogP contribution in [-0.2, 0) is 0 Å². The normalized spacial score (nSPS) is 10.3. The number of aromatic nitrogens is 2. The molecule has 98 valence electrons. The Morgan fingerprint density at radius 2 is 1.63 bits per heavy atom. The number of rotatable bonds is 3. The maximum atomic E-state index is 11.4. The molecule has 11 nitrogen and oxygen atoms in total. The summed E-state index contributed by atoms with van der Waals surface area (Å²) < 4.78 is 4.55. The fraction of sp³-hybridized carbons (Fsp3) is 0. The zero-order chi connectivity index (χ0) is 14.2. The summed E-state index contributed by atoms with van der Waals surface area (Å²) >= 11 is 0. The van der Waals surface area contributed by atoms with E-state index < -0.39 is 38.4 Å². The number of hydrogen-bond acceptors (Lipinski definition) is 7. The quantitative estimate of drug-likeness (QED) is 0.603. The summed E-state index contributed by atoms with van der Waals surface area (Å²) in [5, 5.41) is 21.7. The smallest absolute Gasteiger partial charge is 0.311 e. The topological polar surface area (TPSA) is 154 Å². The van der Waals surface area contributed by atoms with Crippen molar-refractivity contribution in [1.29, 1.82) is 0 Å². The van der Waals surface area contributed by atoms with Crippen molar-refractivity contribution in [2.24, 2.45) is 0 Å². The Hall–Kier alpha value is -3.24. The van der Waals surface area contributed by atoms with Crippen molar-refractivity contribution < 1.29 is 14.4 Å². The van der Waals surface area contributed by atoms with Crippen LogP contribution in [0.5, 0.6) is 0 Å². The molecule has 0 fully saturated rings. The molecule has 0 amide bonds. The monoisotopic (exact) mass is 268 g/mol. The zero-order valence-corrected chi connectivity index (χ0v) is 8.93. The van der Waals surface area contributed by atoms with Gasteiger partial charge in [-0.25, -0.2) is 14.6 Å². The minimum atomic E-state index is -1.18. The van der Waals surface area contributed by atoms with Crippen molar-refractivity contribution in [3.05, 3.63) is 59.5 Å². The summed E-state index contributed by atoms with van der Waals surface area (Å²) in [6, 6.07) is 2.97. The highest BCUT2D eigenvalue weighted by Gasteiger charge is 2.29. The number of hydrogen-bond donors (Lipinski definition) is 1. The predicted octanol–water partition coefficient (Wildman–Crippen LogP) is -0.0648. The van der Waals surface area contributed by atoms with Crippen LogP contribution in [-0.4, -0.2) is 19.6 Å². The molecule has 0 saturated heterocycles. The fourth-order valence-electron chi connectivity index (χ4n) is 1.45. The van der Waals surface area contributed by atoms with E-state index in [0.29, 0.717) is 0 Å². The standard InChI is InChI=1S/C8H4N4O7/c13-7-9-8(14)19-10(7)6-4(11(15)16)2-1-3-5(6)12(17)18/h1-3H,(H,9,13,14). The Labute approximate surface area is 102 Å². The van der Waals surface area contributed by atoms with Crippen LogP contribution in [0.4, 0.5) is 11.4 Å². The first kappa shape index (κ1) is 12.2. The average Bonchev–Trinajstić information content (AvgIpc) is 2.67. The van der Waals surface area contributed by atoms with E-state index in [2.05, 4.69) is 4.52 Å². The first-order chi connectivity index (χ1) is 8.91. The minimum Gasteiger partial charge on any atom is -0.311 e. The first-order valence-electron chi connectivity index (χ1n) is 4.66. The van der Waals surface area contributed by atoms with Crippen LogP contribution in [0.15, 0.2) is 32.3 Å². The Bertz CT molecular complexity index is 751. The molecule has 0 bridgehead atoms. The highest BCUT2D eigenvalue weighted by molar-refractivity contribution is 5.64. The van der Waals surface area contributed by atoms with Crippen molar-refractivity contribution in [2.45, 2.75) is 0 Å². The number of nitro benzene ring substituents is 2. The maximum absolute atomic E-state index is 11.4. The van der Waals surface area contributed by atoms with Gasteiger partial charge in [-0.15, -0.1) is 4.74 Å². The summed E-state index contributed by atoms with van der Waals surface area (Å²) in [7, 11) is 0. The Morgan fingerprint density at radius 3 is 2.00 bits per heavy atom. The lowest BCUT2D eigenvalue weighted by molar-refractivity contribution is -0.394. The van der Waals surface area contributed by atoms with Gasteiger partial charge in [0.2, 0.25) is 5.69 Å². The molecule has 0 saturated carbocycles. The second kappa shape index (κ2) is 4.21. The van der Waals surface area contributed by atoms with Gasteiger partial charge in [0.1, 0.15) is 0 Å². The molecule has 2 rings (SSSR count). The Morgan fingerprint density at radius 1 is 1.11 bits per heavy atom. The summed E-state index contributed by atoms with van der Waals surface area (Å²) in [5.41, 5.74) is -3.35. The second-order valence-electron chi connectivity index (χ2n) is 3.26. The lowest BCUT2D eigenvalue weighted by Crippen LogP contribution is -2.17. The third kappa shape index (κ3) is 1.99. The Balaban J connectivity index is 2.90. The molecule has 0 atom stereocenters. The van der Waals surface area contributed by atoms with Gasteiger partial charge in [0.25, 0.3) is 0 Å². The summed E-state index contributed by atoms with van der Waals surface area (Å²) in [4.78, 5) is 43.7. The van der Waals surface area contributed by atoms with E-state index in [0.717, 1.165) is 18.2 Å². The summed E-state index contributed by atoms with van der Waals surface area (Å²) in [6.45, 7) is 0. The van der Waals surface area contributed by atoms with Crippen LogP contribution in [0.2, 0.25) is 0 Å². The van der Waals surface area contributed by atoms with Gasteiger partial charge in [-0.3, -0.25) is 20.2 Å². The van der Waals surface area contributed by atoms with Crippen LogP contribution in [0, 0.1) is 20.2 Å². The highest BCUT2D eigenvalue weighted by atomic mass is 16.6. The van der Waals surface area contributed by atoms with Gasteiger partial charge in [-0.2, -0.15) is 0 Å². The maximum Gasteiger partial charge on any atom is 0.440 e. The molecular formula is C8H4N4O7. The molecule has 2 aromatic rings. The van der Waals surface area contributed by atoms with Crippen LogP contribution >= 0.6 is 0 Å². The number of H-pyrrole nitrogens is 1. The third-order valence-electron chi connectivity index (χ3n) is 2.16.